The molecular formula is C14H22N4O. The van der Waals surface area contributed by atoms with Crippen LogP contribution in [0.4, 0.5) is 5.69 Å². The number of hydrogen-bond donors (Lipinski definition) is 2. The number of nitrogens with one attached hydrogen (secondary N) is 1. The van der Waals surface area contributed by atoms with Gasteiger partial charge in [0, 0.05) is 25.0 Å². The third-order valence-electron chi connectivity index (χ3n) is 3.61. The Labute approximate surface area is 114 Å². The van der Waals surface area contributed by atoms with Gasteiger partial charge in [-0.15, -0.1) is 0 Å². The molecule has 1 aromatic rings. The summed E-state index contributed by atoms with van der Waals surface area (Å²) < 4.78 is 0. The lowest BCUT2D eigenvalue weighted by atomic mass is 9.84. The Balaban J connectivity index is 2.24. The molecule has 5 nitrogen and oxygen atoms in total. The Hall–Kier alpha value is -1.62. The molecule has 0 aliphatic carbocycles. The van der Waals surface area contributed by atoms with E-state index in [-0.39, 0.29) is 11.3 Å². The summed E-state index contributed by atoms with van der Waals surface area (Å²) in [6.45, 7) is 7.85. The van der Waals surface area contributed by atoms with Gasteiger partial charge in [0.2, 0.25) is 0 Å². The summed E-state index contributed by atoms with van der Waals surface area (Å²) >= 11 is 0. The van der Waals surface area contributed by atoms with Crippen LogP contribution in [0, 0.1) is 12.3 Å². The lowest BCUT2D eigenvalue weighted by Gasteiger charge is -2.38. The highest BCUT2D eigenvalue weighted by molar-refractivity contribution is 5.99. The molecule has 19 heavy (non-hydrogen) atoms. The van der Waals surface area contributed by atoms with Gasteiger partial charge in [-0.05, 0) is 31.2 Å². The molecule has 1 fully saturated rings. The van der Waals surface area contributed by atoms with Gasteiger partial charge in [0.15, 0.2) is 0 Å². The molecule has 104 valence electrons. The highest BCUT2D eigenvalue weighted by Gasteiger charge is 2.30. The average molecular weight is 262 g/mol. The zero-order valence-electron chi connectivity index (χ0n) is 11.9. The maximum atomic E-state index is 12.6. The molecule has 3 N–H and O–H groups in total. The molecule has 1 aromatic heterocycles. The summed E-state index contributed by atoms with van der Waals surface area (Å²) in [5.41, 5.74) is 4.80. The van der Waals surface area contributed by atoms with Crippen LogP contribution >= 0.6 is 0 Å². The lowest BCUT2D eigenvalue weighted by Crippen LogP contribution is -2.43. The van der Waals surface area contributed by atoms with Crippen LogP contribution in [-0.2, 0) is 0 Å². The van der Waals surface area contributed by atoms with E-state index in [4.69, 9.17) is 5.84 Å². The molecule has 2 rings (SSSR count). The molecule has 0 radical (unpaired) electrons. The van der Waals surface area contributed by atoms with Crippen molar-refractivity contribution in [2.75, 3.05) is 18.5 Å². The summed E-state index contributed by atoms with van der Waals surface area (Å²) in [4.78, 5) is 18.7. The van der Waals surface area contributed by atoms with Gasteiger partial charge in [-0.3, -0.25) is 15.6 Å². The van der Waals surface area contributed by atoms with E-state index in [0.29, 0.717) is 11.3 Å². The predicted molar refractivity (Wildman–Crippen MR) is 75.7 cm³/mol. The smallest absolute Gasteiger partial charge is 0.257 e. The molecular weight excluding hydrogens is 240 g/mol. The first-order chi connectivity index (χ1) is 8.93. The van der Waals surface area contributed by atoms with E-state index in [0.717, 1.165) is 31.6 Å². The second-order valence-electron chi connectivity index (χ2n) is 6.01. The highest BCUT2D eigenvalue weighted by atomic mass is 16.2. The minimum Gasteiger partial charge on any atom is -0.338 e. The van der Waals surface area contributed by atoms with Crippen LogP contribution in [0.1, 0.15) is 42.7 Å². The molecule has 2 heterocycles. The number of hydrogen-bond acceptors (Lipinski definition) is 4. The summed E-state index contributed by atoms with van der Waals surface area (Å²) in [6.07, 6.45) is 3.81. The molecule has 1 amide bonds. The largest absolute Gasteiger partial charge is 0.338 e. The van der Waals surface area contributed by atoms with Gasteiger partial charge < -0.3 is 10.3 Å². The average Bonchev–Trinajstić information content (AvgIpc) is 2.36. The molecule has 0 unspecified atom stereocenters. The van der Waals surface area contributed by atoms with Crippen LogP contribution in [0.25, 0.3) is 0 Å². The third kappa shape index (κ3) is 3.04. The number of likely N-dealkylation sites (tertiary alicyclic amines) is 1. The van der Waals surface area contributed by atoms with Crippen LogP contribution in [-0.4, -0.2) is 28.9 Å². The maximum absolute atomic E-state index is 12.6. The Morgan fingerprint density at radius 2 is 2.26 bits per heavy atom. The number of aromatic nitrogens is 1. The third-order valence-corrected chi connectivity index (χ3v) is 3.61. The number of rotatable bonds is 2. The van der Waals surface area contributed by atoms with E-state index < -0.39 is 0 Å². The first-order valence-corrected chi connectivity index (χ1v) is 6.65. The number of carbonyl (C=O) groups excluding carboxylic acids is 1. The predicted octanol–water partition coefficient (Wildman–Crippen LogP) is 1.94. The Kier molecular flexibility index (Phi) is 3.75. The van der Waals surface area contributed by atoms with E-state index in [1.165, 1.54) is 0 Å². The van der Waals surface area contributed by atoms with Crippen molar-refractivity contribution in [2.24, 2.45) is 11.3 Å². The number of anilines is 1. The number of piperidine rings is 1. The van der Waals surface area contributed by atoms with Gasteiger partial charge in [-0.2, -0.15) is 0 Å². The maximum Gasteiger partial charge on any atom is 0.257 e. The van der Waals surface area contributed by atoms with Gasteiger partial charge in [0.25, 0.3) is 5.91 Å². The second-order valence-corrected chi connectivity index (χ2v) is 6.01. The van der Waals surface area contributed by atoms with Crippen molar-refractivity contribution in [3.63, 3.8) is 0 Å². The van der Waals surface area contributed by atoms with Crippen molar-refractivity contribution in [1.82, 2.24) is 9.88 Å². The van der Waals surface area contributed by atoms with Crippen LogP contribution in [0.15, 0.2) is 12.3 Å². The first kappa shape index (κ1) is 13.8. The molecule has 0 aromatic carbocycles. The van der Waals surface area contributed by atoms with Gasteiger partial charge in [-0.1, -0.05) is 13.8 Å². The number of carbonyl (C=O) groups is 1. The Morgan fingerprint density at radius 3 is 2.89 bits per heavy atom. The van der Waals surface area contributed by atoms with Gasteiger partial charge in [0.1, 0.15) is 0 Å². The molecule has 1 saturated heterocycles. The van der Waals surface area contributed by atoms with Crippen molar-refractivity contribution in [1.29, 1.82) is 0 Å². The SMILES string of the molecule is Cc1cc(NN)c(C(=O)N2CCCC(C)(C)C2)cn1. The van der Waals surface area contributed by atoms with Crippen molar-refractivity contribution in [3.8, 4) is 0 Å². The number of amides is 1. The highest BCUT2D eigenvalue weighted by Crippen LogP contribution is 2.30. The monoisotopic (exact) mass is 262 g/mol. The molecule has 0 saturated carbocycles. The van der Waals surface area contributed by atoms with Crippen molar-refractivity contribution in [2.45, 2.75) is 33.6 Å². The van der Waals surface area contributed by atoms with Gasteiger partial charge in [0.05, 0.1) is 11.3 Å². The summed E-state index contributed by atoms with van der Waals surface area (Å²) in [7, 11) is 0. The minimum absolute atomic E-state index is 0.00762. The Bertz CT molecular complexity index is 484. The van der Waals surface area contributed by atoms with E-state index in [1.807, 2.05) is 11.8 Å². The number of pyridine rings is 1. The van der Waals surface area contributed by atoms with Gasteiger partial charge >= 0.3 is 0 Å². The summed E-state index contributed by atoms with van der Waals surface area (Å²) in [6, 6.07) is 1.79. The van der Waals surface area contributed by atoms with E-state index in [9.17, 15) is 4.79 Å². The molecule has 0 atom stereocenters. The van der Waals surface area contributed by atoms with E-state index >= 15 is 0 Å². The van der Waals surface area contributed by atoms with Crippen LogP contribution in [0.2, 0.25) is 0 Å². The zero-order valence-corrected chi connectivity index (χ0v) is 11.9. The molecule has 0 bridgehead atoms. The van der Waals surface area contributed by atoms with Crippen LogP contribution in [0.5, 0.6) is 0 Å². The topological polar surface area (TPSA) is 71.2 Å². The number of nitrogens with two attached hydrogens (primary N) is 1. The number of aryl methyl sites for hydroxylation is 1. The number of nitrogen functional groups attached to an aromatic ring is 1. The van der Waals surface area contributed by atoms with Crippen molar-refractivity contribution >= 4 is 11.6 Å². The molecule has 1 aliphatic heterocycles. The second kappa shape index (κ2) is 5.17. The van der Waals surface area contributed by atoms with Crippen molar-refractivity contribution in [3.05, 3.63) is 23.5 Å². The molecule has 1 aliphatic rings. The zero-order chi connectivity index (χ0) is 14.0. The fourth-order valence-electron chi connectivity index (χ4n) is 2.62. The first-order valence-electron chi connectivity index (χ1n) is 6.65. The molecule has 5 heteroatoms. The van der Waals surface area contributed by atoms with Crippen LogP contribution < -0.4 is 11.3 Å². The van der Waals surface area contributed by atoms with E-state index in [2.05, 4.69) is 24.3 Å². The number of hydrazine groups is 1. The summed E-state index contributed by atoms with van der Waals surface area (Å²) in [5.74, 6) is 5.50. The van der Waals surface area contributed by atoms with Crippen molar-refractivity contribution < 1.29 is 4.79 Å². The quantitative estimate of drug-likeness (QED) is 0.631. The summed E-state index contributed by atoms with van der Waals surface area (Å²) in [5, 5.41) is 0. The van der Waals surface area contributed by atoms with Crippen LogP contribution in [0.3, 0.4) is 0 Å². The van der Waals surface area contributed by atoms with Gasteiger partial charge in [-0.25, -0.2) is 0 Å². The lowest BCUT2D eigenvalue weighted by molar-refractivity contribution is 0.0584. The number of nitrogens with zero attached hydrogens (tertiary/aromatic N) is 2. The normalized spacial score (nSPS) is 18.2. The standard InChI is InChI=1S/C14H22N4O/c1-10-7-12(17-15)11(8-16-10)13(19)18-6-4-5-14(2,3)9-18/h7-8H,4-6,9,15H2,1-3H3,(H,16,17). The minimum atomic E-state index is 0.00762. The fraction of sp³-hybridized carbons (Fsp3) is 0.571. The Morgan fingerprint density at radius 1 is 1.53 bits per heavy atom. The fourth-order valence-corrected chi connectivity index (χ4v) is 2.62. The van der Waals surface area contributed by atoms with E-state index in [1.54, 1.807) is 12.3 Å². The molecule has 0 spiro atoms.